The molecule has 1 amide bonds. The minimum Gasteiger partial charge on any atom is -0.471 e. The lowest BCUT2D eigenvalue weighted by atomic mass is 10.2. The van der Waals surface area contributed by atoms with Gasteiger partial charge in [-0.2, -0.15) is 0 Å². The number of hydrogen-bond donors (Lipinski definition) is 2. The van der Waals surface area contributed by atoms with E-state index in [9.17, 15) is 4.79 Å². The van der Waals surface area contributed by atoms with E-state index in [1.165, 1.54) is 12.3 Å². The van der Waals surface area contributed by atoms with Crippen molar-refractivity contribution in [1.29, 1.82) is 0 Å². The van der Waals surface area contributed by atoms with E-state index in [2.05, 4.69) is 4.98 Å². The summed E-state index contributed by atoms with van der Waals surface area (Å²) in [7, 11) is 0. The minimum atomic E-state index is -0.606. The predicted molar refractivity (Wildman–Crippen MR) is 65.8 cm³/mol. The molecule has 88 valence electrons. The Balaban J connectivity index is 2.17. The quantitative estimate of drug-likeness (QED) is 0.856. The molecule has 0 spiro atoms. The normalized spacial score (nSPS) is 10.1. The molecule has 0 aliphatic heterocycles. The number of aromatic nitrogens is 1. The largest absolute Gasteiger partial charge is 0.471 e. The summed E-state index contributed by atoms with van der Waals surface area (Å²) in [5.41, 5.74) is 11.3. The average molecular weight is 249 g/mol. The molecule has 6 heteroatoms. The Morgan fingerprint density at radius 2 is 2.35 bits per heavy atom. The maximum absolute atomic E-state index is 11.2. The first-order valence-corrected chi connectivity index (χ1v) is 5.75. The molecule has 4 N–H and O–H groups in total. The summed E-state index contributed by atoms with van der Waals surface area (Å²) in [5.74, 6) is -0.397. The third-order valence-corrected chi connectivity index (χ3v) is 2.92. The van der Waals surface area contributed by atoms with Crippen molar-refractivity contribution < 1.29 is 9.53 Å². The average Bonchev–Trinajstić information content (AvgIpc) is 2.80. The zero-order valence-corrected chi connectivity index (χ0v) is 9.74. The number of amides is 1. The highest BCUT2D eigenvalue weighted by molar-refractivity contribution is 7.09. The number of pyridine rings is 1. The van der Waals surface area contributed by atoms with Crippen molar-refractivity contribution >= 4 is 22.9 Å². The van der Waals surface area contributed by atoms with Gasteiger partial charge in [0.2, 0.25) is 5.88 Å². The molecule has 0 saturated carbocycles. The first-order valence-electron chi connectivity index (χ1n) is 4.87. The number of nitrogens with zero attached hydrogens (tertiary/aromatic N) is 1. The second kappa shape index (κ2) is 4.84. The van der Waals surface area contributed by atoms with Crippen LogP contribution in [0.25, 0.3) is 0 Å². The minimum absolute atomic E-state index is 0.196. The van der Waals surface area contributed by atoms with Crippen molar-refractivity contribution in [2.24, 2.45) is 5.73 Å². The SMILES string of the molecule is NC(=O)c1cc(N)cnc1OCc1cccs1. The molecule has 0 atom stereocenters. The molecule has 2 aromatic heterocycles. The molecule has 2 aromatic rings. The van der Waals surface area contributed by atoms with Crippen molar-refractivity contribution in [3.05, 3.63) is 40.2 Å². The predicted octanol–water partition coefficient (Wildman–Crippen LogP) is 1.40. The van der Waals surface area contributed by atoms with E-state index in [1.54, 1.807) is 11.3 Å². The van der Waals surface area contributed by atoms with Crippen LogP contribution < -0.4 is 16.2 Å². The zero-order valence-electron chi connectivity index (χ0n) is 8.92. The van der Waals surface area contributed by atoms with Crippen LogP contribution >= 0.6 is 11.3 Å². The lowest BCUT2D eigenvalue weighted by molar-refractivity contribution is 0.0995. The summed E-state index contributed by atoms with van der Waals surface area (Å²) >= 11 is 1.57. The van der Waals surface area contributed by atoms with E-state index in [1.807, 2.05) is 17.5 Å². The van der Waals surface area contributed by atoms with Gasteiger partial charge in [0.05, 0.1) is 11.9 Å². The lowest BCUT2D eigenvalue weighted by Crippen LogP contribution is -2.14. The number of anilines is 1. The van der Waals surface area contributed by atoms with Crippen molar-refractivity contribution in [2.45, 2.75) is 6.61 Å². The number of carbonyl (C=O) groups excluding carboxylic acids is 1. The van der Waals surface area contributed by atoms with Gasteiger partial charge in [-0.15, -0.1) is 11.3 Å². The van der Waals surface area contributed by atoms with Crippen LogP contribution in [0.15, 0.2) is 29.8 Å². The molecule has 0 fully saturated rings. The van der Waals surface area contributed by atoms with Crippen LogP contribution in [0.3, 0.4) is 0 Å². The first-order chi connectivity index (χ1) is 8.16. The van der Waals surface area contributed by atoms with Gasteiger partial charge in [-0.25, -0.2) is 4.98 Å². The number of thiophene rings is 1. The highest BCUT2D eigenvalue weighted by Crippen LogP contribution is 2.19. The van der Waals surface area contributed by atoms with Gasteiger partial charge in [-0.1, -0.05) is 6.07 Å². The van der Waals surface area contributed by atoms with Gasteiger partial charge >= 0.3 is 0 Å². The van der Waals surface area contributed by atoms with Gasteiger partial charge in [0, 0.05) is 4.88 Å². The van der Waals surface area contributed by atoms with Gasteiger partial charge in [0.25, 0.3) is 5.91 Å². The Kier molecular flexibility index (Phi) is 3.24. The highest BCUT2D eigenvalue weighted by Gasteiger charge is 2.11. The van der Waals surface area contributed by atoms with Crippen LogP contribution in [0.5, 0.6) is 5.88 Å². The zero-order chi connectivity index (χ0) is 12.3. The van der Waals surface area contributed by atoms with E-state index in [0.29, 0.717) is 12.3 Å². The van der Waals surface area contributed by atoms with Gasteiger partial charge in [-0.05, 0) is 17.5 Å². The maximum atomic E-state index is 11.2. The first kappa shape index (κ1) is 11.4. The van der Waals surface area contributed by atoms with E-state index in [4.69, 9.17) is 16.2 Å². The standard InChI is InChI=1S/C11H11N3O2S/c12-7-4-9(10(13)15)11(14-5-7)16-6-8-2-1-3-17-8/h1-5H,6,12H2,(H2,13,15). The molecule has 0 saturated heterocycles. The van der Waals surface area contributed by atoms with Crippen LogP contribution in [-0.4, -0.2) is 10.9 Å². The van der Waals surface area contributed by atoms with Crippen LogP contribution in [0.1, 0.15) is 15.2 Å². The maximum Gasteiger partial charge on any atom is 0.254 e. The number of hydrogen-bond acceptors (Lipinski definition) is 5. The fraction of sp³-hybridized carbons (Fsp3) is 0.0909. The summed E-state index contributed by atoms with van der Waals surface area (Å²) < 4.78 is 5.44. The van der Waals surface area contributed by atoms with E-state index < -0.39 is 5.91 Å². The number of primary amides is 1. The number of rotatable bonds is 4. The van der Waals surface area contributed by atoms with Crippen molar-refractivity contribution in [1.82, 2.24) is 4.98 Å². The molecule has 0 bridgehead atoms. The smallest absolute Gasteiger partial charge is 0.254 e. The Hall–Kier alpha value is -2.08. The number of nitrogen functional groups attached to an aromatic ring is 1. The van der Waals surface area contributed by atoms with Gasteiger partial charge in [0.1, 0.15) is 12.2 Å². The molecular weight excluding hydrogens is 238 g/mol. The Labute approximate surface area is 102 Å². The van der Waals surface area contributed by atoms with Crippen molar-refractivity contribution in [3.8, 4) is 5.88 Å². The van der Waals surface area contributed by atoms with Crippen LogP contribution in [0.4, 0.5) is 5.69 Å². The van der Waals surface area contributed by atoms with E-state index >= 15 is 0 Å². The third-order valence-electron chi connectivity index (χ3n) is 2.07. The molecule has 2 heterocycles. The van der Waals surface area contributed by atoms with Gasteiger partial charge in [0.15, 0.2) is 0 Å². The summed E-state index contributed by atoms with van der Waals surface area (Å²) in [6, 6.07) is 5.32. The molecular formula is C11H11N3O2S. The monoisotopic (exact) mass is 249 g/mol. The number of carbonyl (C=O) groups is 1. The fourth-order valence-corrected chi connectivity index (χ4v) is 1.91. The van der Waals surface area contributed by atoms with Crippen molar-refractivity contribution in [3.63, 3.8) is 0 Å². The molecule has 0 aliphatic carbocycles. The fourth-order valence-electron chi connectivity index (χ4n) is 1.29. The molecule has 0 radical (unpaired) electrons. The lowest BCUT2D eigenvalue weighted by Gasteiger charge is -2.07. The summed E-state index contributed by atoms with van der Waals surface area (Å²) in [4.78, 5) is 16.2. The second-order valence-electron chi connectivity index (χ2n) is 3.35. The molecule has 0 aromatic carbocycles. The summed E-state index contributed by atoms with van der Waals surface area (Å²) in [5, 5.41) is 1.95. The molecule has 5 nitrogen and oxygen atoms in total. The Bertz CT molecular complexity index is 526. The topological polar surface area (TPSA) is 91.2 Å². The van der Waals surface area contributed by atoms with Gasteiger partial charge < -0.3 is 16.2 Å². The van der Waals surface area contributed by atoms with E-state index in [0.717, 1.165) is 4.88 Å². The molecule has 0 unspecified atom stereocenters. The van der Waals surface area contributed by atoms with Gasteiger partial charge in [-0.3, -0.25) is 4.79 Å². The third kappa shape index (κ3) is 2.73. The van der Waals surface area contributed by atoms with Crippen LogP contribution in [-0.2, 0) is 6.61 Å². The number of nitrogens with two attached hydrogens (primary N) is 2. The van der Waals surface area contributed by atoms with E-state index in [-0.39, 0.29) is 11.4 Å². The second-order valence-corrected chi connectivity index (χ2v) is 4.39. The molecule has 2 rings (SSSR count). The molecule has 17 heavy (non-hydrogen) atoms. The number of ether oxygens (including phenoxy) is 1. The summed E-state index contributed by atoms with van der Waals surface area (Å²) in [6.45, 7) is 0.356. The molecule has 0 aliphatic rings. The van der Waals surface area contributed by atoms with Crippen molar-refractivity contribution in [2.75, 3.05) is 5.73 Å². The Morgan fingerprint density at radius 3 is 3.00 bits per heavy atom. The van der Waals surface area contributed by atoms with Crippen LogP contribution in [0.2, 0.25) is 0 Å². The summed E-state index contributed by atoms with van der Waals surface area (Å²) in [6.07, 6.45) is 1.43. The Morgan fingerprint density at radius 1 is 1.53 bits per heavy atom. The highest BCUT2D eigenvalue weighted by atomic mass is 32.1. The van der Waals surface area contributed by atoms with Crippen LogP contribution in [0, 0.1) is 0 Å².